The second-order valence-corrected chi connectivity index (χ2v) is 8.42. The van der Waals surface area contributed by atoms with Gasteiger partial charge in [-0.3, -0.25) is 4.79 Å². The molecule has 5 aromatic rings. The van der Waals surface area contributed by atoms with E-state index >= 15 is 0 Å². The van der Waals surface area contributed by atoms with Gasteiger partial charge in [0.2, 0.25) is 0 Å². The maximum absolute atomic E-state index is 14.7. The Morgan fingerprint density at radius 1 is 1.06 bits per heavy atom. The number of carbonyl (C=O) groups excluding carboxylic acids is 1. The smallest absolute Gasteiger partial charge is 0.266 e. The van der Waals surface area contributed by atoms with Gasteiger partial charge in [0.25, 0.3) is 5.91 Å². The van der Waals surface area contributed by atoms with E-state index in [4.69, 9.17) is 4.74 Å². The minimum absolute atomic E-state index is 0.0834. The standard InChI is InChI=1S/C25H19FN4O2S/c26-21-10-5-11-22-23(21)20(14-32-19-8-2-1-3-9-19)24(33-22)25(31)29-18-7-4-6-17(12-18)13-30-16-27-15-28-30/h1-12,15-16H,13-14H2,(H,29,31). The van der Waals surface area contributed by atoms with E-state index in [1.807, 2.05) is 60.7 Å². The quantitative estimate of drug-likeness (QED) is 0.349. The molecule has 0 aliphatic heterocycles. The summed E-state index contributed by atoms with van der Waals surface area (Å²) >= 11 is 1.25. The van der Waals surface area contributed by atoms with Crippen LogP contribution in [0.2, 0.25) is 0 Å². The molecule has 5 rings (SSSR count). The zero-order valence-electron chi connectivity index (χ0n) is 17.4. The average molecular weight is 459 g/mol. The number of carbonyl (C=O) groups is 1. The summed E-state index contributed by atoms with van der Waals surface area (Å²) in [5.41, 5.74) is 2.15. The average Bonchev–Trinajstić information content (AvgIpc) is 3.47. The van der Waals surface area contributed by atoms with Gasteiger partial charge >= 0.3 is 0 Å². The van der Waals surface area contributed by atoms with Crippen LogP contribution in [0.25, 0.3) is 10.1 Å². The lowest BCUT2D eigenvalue weighted by Crippen LogP contribution is -2.13. The van der Waals surface area contributed by atoms with Crippen LogP contribution < -0.4 is 10.1 Å². The van der Waals surface area contributed by atoms with Gasteiger partial charge in [-0.05, 0) is 42.0 Å². The largest absolute Gasteiger partial charge is 0.489 e. The molecule has 0 fully saturated rings. The molecule has 3 aromatic carbocycles. The van der Waals surface area contributed by atoms with E-state index in [-0.39, 0.29) is 18.3 Å². The molecular formula is C25H19FN4O2S. The van der Waals surface area contributed by atoms with Gasteiger partial charge in [0.1, 0.15) is 35.7 Å². The highest BCUT2D eigenvalue weighted by atomic mass is 32.1. The van der Waals surface area contributed by atoms with Crippen LogP contribution in [0.15, 0.2) is 85.5 Å². The normalized spacial score (nSPS) is 10.9. The number of thiophene rings is 1. The Labute approximate surface area is 193 Å². The highest BCUT2D eigenvalue weighted by Gasteiger charge is 2.21. The number of rotatable bonds is 7. The summed E-state index contributed by atoms with van der Waals surface area (Å²) in [6.07, 6.45) is 3.11. The number of fused-ring (bicyclic) bond motifs is 1. The number of nitrogens with zero attached hydrogens (tertiary/aromatic N) is 3. The van der Waals surface area contributed by atoms with Crippen molar-refractivity contribution in [2.45, 2.75) is 13.2 Å². The third-order valence-corrected chi connectivity index (χ3v) is 6.29. The number of halogens is 1. The maximum Gasteiger partial charge on any atom is 0.266 e. The fourth-order valence-electron chi connectivity index (χ4n) is 3.60. The number of ether oxygens (including phenoxy) is 1. The first-order valence-electron chi connectivity index (χ1n) is 10.3. The van der Waals surface area contributed by atoms with Crippen LogP contribution in [-0.4, -0.2) is 20.7 Å². The molecule has 2 heterocycles. The molecule has 0 aliphatic carbocycles. The first kappa shape index (κ1) is 20.8. The molecule has 0 radical (unpaired) electrons. The molecule has 0 spiro atoms. The molecule has 0 unspecified atom stereocenters. The second kappa shape index (κ2) is 9.22. The summed E-state index contributed by atoms with van der Waals surface area (Å²) in [6, 6.07) is 21.6. The third kappa shape index (κ3) is 4.61. The van der Waals surface area contributed by atoms with Gasteiger partial charge in [-0.1, -0.05) is 36.4 Å². The van der Waals surface area contributed by atoms with Crippen molar-refractivity contribution in [2.24, 2.45) is 0 Å². The van der Waals surface area contributed by atoms with Gasteiger partial charge in [0, 0.05) is 21.3 Å². The number of aromatic nitrogens is 3. The van der Waals surface area contributed by atoms with Crippen molar-refractivity contribution in [1.29, 1.82) is 0 Å². The summed E-state index contributed by atoms with van der Waals surface area (Å²) in [5.74, 6) is -0.0233. The van der Waals surface area contributed by atoms with Crippen molar-refractivity contribution in [3.05, 3.63) is 107 Å². The lowest BCUT2D eigenvalue weighted by molar-refractivity contribution is 0.102. The van der Waals surface area contributed by atoms with Gasteiger partial charge in [-0.25, -0.2) is 14.1 Å². The van der Waals surface area contributed by atoms with Crippen molar-refractivity contribution in [3.63, 3.8) is 0 Å². The molecule has 1 N–H and O–H groups in total. The third-order valence-electron chi connectivity index (χ3n) is 5.09. The van der Waals surface area contributed by atoms with Gasteiger partial charge in [0.05, 0.1) is 6.54 Å². The van der Waals surface area contributed by atoms with Crippen molar-refractivity contribution in [1.82, 2.24) is 14.8 Å². The Kier molecular flexibility index (Phi) is 5.82. The lowest BCUT2D eigenvalue weighted by Gasteiger charge is -2.10. The van der Waals surface area contributed by atoms with Crippen LogP contribution in [0.4, 0.5) is 10.1 Å². The molecule has 1 amide bonds. The fraction of sp³-hybridized carbons (Fsp3) is 0.0800. The van der Waals surface area contributed by atoms with Crippen molar-refractivity contribution in [2.75, 3.05) is 5.32 Å². The van der Waals surface area contributed by atoms with Crippen molar-refractivity contribution >= 4 is 33.0 Å². The summed E-state index contributed by atoms with van der Waals surface area (Å²) in [6.45, 7) is 0.619. The van der Waals surface area contributed by atoms with Gasteiger partial charge < -0.3 is 10.1 Å². The molecule has 6 nitrogen and oxygen atoms in total. The number of para-hydroxylation sites is 1. The maximum atomic E-state index is 14.7. The first-order valence-corrected chi connectivity index (χ1v) is 11.1. The highest BCUT2D eigenvalue weighted by Crippen LogP contribution is 2.34. The molecule has 0 saturated heterocycles. The Bertz CT molecular complexity index is 1400. The minimum Gasteiger partial charge on any atom is -0.489 e. The van der Waals surface area contributed by atoms with Crippen molar-refractivity contribution in [3.8, 4) is 5.75 Å². The monoisotopic (exact) mass is 458 g/mol. The molecule has 0 aliphatic rings. The topological polar surface area (TPSA) is 69.0 Å². The number of hydrogen-bond donors (Lipinski definition) is 1. The number of amides is 1. The van der Waals surface area contributed by atoms with Crippen LogP contribution in [0.3, 0.4) is 0 Å². The van der Waals surface area contributed by atoms with E-state index in [1.54, 1.807) is 17.1 Å². The van der Waals surface area contributed by atoms with E-state index in [2.05, 4.69) is 15.4 Å². The number of nitrogens with one attached hydrogen (secondary N) is 1. The summed E-state index contributed by atoms with van der Waals surface area (Å²) < 4.78 is 23.0. The molecule has 33 heavy (non-hydrogen) atoms. The molecule has 0 saturated carbocycles. The summed E-state index contributed by atoms with van der Waals surface area (Å²) in [7, 11) is 0. The van der Waals surface area contributed by atoms with Crippen LogP contribution in [0.1, 0.15) is 20.8 Å². The van der Waals surface area contributed by atoms with Crippen LogP contribution >= 0.6 is 11.3 Å². The molecule has 0 atom stereocenters. The van der Waals surface area contributed by atoms with E-state index in [0.29, 0.717) is 38.5 Å². The van der Waals surface area contributed by atoms with Crippen LogP contribution in [0.5, 0.6) is 5.75 Å². The molecule has 8 heteroatoms. The van der Waals surface area contributed by atoms with Crippen LogP contribution in [-0.2, 0) is 13.2 Å². The van der Waals surface area contributed by atoms with Crippen LogP contribution in [0, 0.1) is 5.82 Å². The Hall–Kier alpha value is -4.04. The molecule has 0 bridgehead atoms. The number of benzene rings is 3. The van der Waals surface area contributed by atoms with E-state index < -0.39 is 0 Å². The highest BCUT2D eigenvalue weighted by molar-refractivity contribution is 7.21. The number of anilines is 1. The molecule has 164 valence electrons. The SMILES string of the molecule is O=C(Nc1cccc(Cn2cncn2)c1)c1sc2cccc(F)c2c1COc1ccccc1. The van der Waals surface area contributed by atoms with Gasteiger partial charge in [0.15, 0.2) is 0 Å². The van der Waals surface area contributed by atoms with E-state index in [9.17, 15) is 9.18 Å². The van der Waals surface area contributed by atoms with Gasteiger partial charge in [-0.2, -0.15) is 5.10 Å². The zero-order chi connectivity index (χ0) is 22.6. The second-order valence-electron chi connectivity index (χ2n) is 7.37. The van der Waals surface area contributed by atoms with Gasteiger partial charge in [-0.15, -0.1) is 11.3 Å². The Morgan fingerprint density at radius 3 is 2.73 bits per heavy atom. The van der Waals surface area contributed by atoms with E-state index in [0.717, 1.165) is 5.56 Å². The summed E-state index contributed by atoms with van der Waals surface area (Å²) in [5, 5.41) is 7.48. The summed E-state index contributed by atoms with van der Waals surface area (Å²) in [4.78, 5) is 17.6. The lowest BCUT2D eigenvalue weighted by atomic mass is 10.1. The molecule has 2 aromatic heterocycles. The number of hydrogen-bond acceptors (Lipinski definition) is 5. The fourth-order valence-corrected chi connectivity index (χ4v) is 4.71. The zero-order valence-corrected chi connectivity index (χ0v) is 18.3. The Morgan fingerprint density at radius 2 is 1.91 bits per heavy atom. The predicted octanol–water partition coefficient (Wildman–Crippen LogP) is 5.51. The Balaban J connectivity index is 1.43. The molecular weight excluding hydrogens is 439 g/mol. The first-order chi connectivity index (χ1) is 16.2. The predicted molar refractivity (Wildman–Crippen MR) is 126 cm³/mol. The minimum atomic E-state index is -0.371. The van der Waals surface area contributed by atoms with Crippen molar-refractivity contribution < 1.29 is 13.9 Å². The van der Waals surface area contributed by atoms with E-state index in [1.165, 1.54) is 23.7 Å².